The Balaban J connectivity index is 2.53. The van der Waals surface area contributed by atoms with Gasteiger partial charge in [0.2, 0.25) is 0 Å². The highest BCUT2D eigenvalue weighted by Gasteiger charge is 2.10. The van der Waals surface area contributed by atoms with E-state index >= 15 is 0 Å². The first-order valence-electron chi connectivity index (χ1n) is 4.59. The number of nitrogens with zero attached hydrogens (tertiary/aromatic N) is 1. The first-order chi connectivity index (χ1) is 7.74. The van der Waals surface area contributed by atoms with Crippen molar-refractivity contribution in [2.24, 2.45) is 0 Å². The van der Waals surface area contributed by atoms with Crippen molar-refractivity contribution in [1.82, 2.24) is 10.2 Å². The summed E-state index contributed by atoms with van der Waals surface area (Å²) in [7, 11) is 1.57. The van der Waals surface area contributed by atoms with E-state index in [4.69, 9.17) is 16.3 Å². The van der Waals surface area contributed by atoms with Crippen molar-refractivity contribution in [1.29, 1.82) is 0 Å². The third kappa shape index (κ3) is 1.92. The molecule has 1 N–H and O–H groups in total. The topological polar surface area (TPSA) is 55.0 Å². The molecule has 82 valence electrons. The Morgan fingerprint density at radius 1 is 1.44 bits per heavy atom. The number of benzene rings is 1. The standard InChI is InChI=1S/C11H9ClN2O2/c1-16-11-3-2-7(12)4-9(11)10-5-8(6-15)13-14-10/h2-6H,1H3,(H,13,14). The first kappa shape index (κ1) is 10.7. The highest BCUT2D eigenvalue weighted by atomic mass is 35.5. The van der Waals surface area contributed by atoms with Crippen LogP contribution in [0.15, 0.2) is 24.3 Å². The predicted octanol–water partition coefficient (Wildman–Crippen LogP) is 2.55. The van der Waals surface area contributed by atoms with E-state index in [9.17, 15) is 4.79 Å². The van der Waals surface area contributed by atoms with E-state index in [0.29, 0.717) is 28.4 Å². The van der Waals surface area contributed by atoms with Crippen molar-refractivity contribution >= 4 is 17.9 Å². The summed E-state index contributed by atoms with van der Waals surface area (Å²) in [5.74, 6) is 0.661. The third-order valence-electron chi connectivity index (χ3n) is 2.16. The summed E-state index contributed by atoms with van der Waals surface area (Å²) in [5, 5.41) is 7.21. The summed E-state index contributed by atoms with van der Waals surface area (Å²) in [5.41, 5.74) is 1.79. The lowest BCUT2D eigenvalue weighted by molar-refractivity contribution is 0.111. The zero-order chi connectivity index (χ0) is 11.5. The van der Waals surface area contributed by atoms with Crippen LogP contribution in [0.2, 0.25) is 5.02 Å². The Morgan fingerprint density at radius 3 is 2.88 bits per heavy atom. The SMILES string of the molecule is COc1ccc(Cl)cc1-c1cc(C=O)[nH]n1. The lowest BCUT2D eigenvalue weighted by atomic mass is 10.1. The van der Waals surface area contributed by atoms with Crippen LogP contribution >= 0.6 is 11.6 Å². The van der Waals surface area contributed by atoms with Gasteiger partial charge >= 0.3 is 0 Å². The molecular formula is C11H9ClN2O2. The van der Waals surface area contributed by atoms with Gasteiger partial charge in [0.15, 0.2) is 6.29 Å². The zero-order valence-corrected chi connectivity index (χ0v) is 9.28. The second-order valence-corrected chi connectivity index (χ2v) is 3.61. The molecule has 0 unspecified atom stereocenters. The average Bonchev–Trinajstić information content (AvgIpc) is 2.77. The van der Waals surface area contributed by atoms with Gasteiger partial charge in [0, 0.05) is 10.6 Å². The molecule has 0 saturated heterocycles. The summed E-state index contributed by atoms with van der Waals surface area (Å²) in [6.07, 6.45) is 0.702. The average molecular weight is 237 g/mol. The van der Waals surface area contributed by atoms with Crippen molar-refractivity contribution < 1.29 is 9.53 Å². The largest absolute Gasteiger partial charge is 0.496 e. The second kappa shape index (κ2) is 4.37. The molecule has 0 saturated carbocycles. The molecule has 0 aliphatic heterocycles. The number of aldehydes is 1. The van der Waals surface area contributed by atoms with Crippen LogP contribution in [0.5, 0.6) is 5.75 Å². The van der Waals surface area contributed by atoms with Gasteiger partial charge in [0.1, 0.15) is 5.75 Å². The van der Waals surface area contributed by atoms with Crippen molar-refractivity contribution in [3.05, 3.63) is 35.0 Å². The fourth-order valence-corrected chi connectivity index (χ4v) is 1.59. The molecule has 0 fully saturated rings. The van der Waals surface area contributed by atoms with Crippen LogP contribution in [0.25, 0.3) is 11.3 Å². The van der Waals surface area contributed by atoms with Crippen LogP contribution < -0.4 is 4.74 Å². The van der Waals surface area contributed by atoms with Crippen LogP contribution in [0.3, 0.4) is 0 Å². The van der Waals surface area contributed by atoms with Gasteiger partial charge in [0.05, 0.1) is 18.5 Å². The van der Waals surface area contributed by atoms with E-state index < -0.39 is 0 Å². The number of hydrogen-bond acceptors (Lipinski definition) is 3. The molecule has 1 aromatic carbocycles. The zero-order valence-electron chi connectivity index (χ0n) is 8.53. The smallest absolute Gasteiger partial charge is 0.167 e. The van der Waals surface area contributed by atoms with Gasteiger partial charge in [-0.05, 0) is 24.3 Å². The normalized spacial score (nSPS) is 10.1. The number of hydrogen-bond donors (Lipinski definition) is 1. The number of nitrogens with one attached hydrogen (secondary N) is 1. The molecule has 2 aromatic rings. The molecule has 0 radical (unpaired) electrons. The summed E-state index contributed by atoms with van der Waals surface area (Å²) >= 11 is 5.90. The number of aromatic nitrogens is 2. The molecule has 0 amide bonds. The van der Waals surface area contributed by atoms with Crippen molar-refractivity contribution in [2.45, 2.75) is 0 Å². The molecule has 1 aromatic heterocycles. The lowest BCUT2D eigenvalue weighted by Crippen LogP contribution is -1.87. The third-order valence-corrected chi connectivity index (χ3v) is 2.40. The van der Waals surface area contributed by atoms with Crippen LogP contribution in [-0.4, -0.2) is 23.6 Å². The van der Waals surface area contributed by atoms with Gasteiger partial charge in [0.25, 0.3) is 0 Å². The fourth-order valence-electron chi connectivity index (χ4n) is 1.42. The monoisotopic (exact) mass is 236 g/mol. The molecule has 4 nitrogen and oxygen atoms in total. The van der Waals surface area contributed by atoms with Gasteiger partial charge in [-0.3, -0.25) is 9.89 Å². The number of methoxy groups -OCH3 is 1. The van der Waals surface area contributed by atoms with Crippen LogP contribution in [0, 0.1) is 0 Å². The number of rotatable bonds is 3. The van der Waals surface area contributed by atoms with Crippen LogP contribution in [-0.2, 0) is 0 Å². The molecule has 16 heavy (non-hydrogen) atoms. The molecule has 0 bridgehead atoms. The number of aromatic amines is 1. The molecule has 0 spiro atoms. The Labute approximate surface area is 97.2 Å². The Morgan fingerprint density at radius 2 is 2.25 bits per heavy atom. The lowest BCUT2D eigenvalue weighted by Gasteiger charge is -2.05. The summed E-state index contributed by atoms with van der Waals surface area (Å²) in [6.45, 7) is 0. The summed E-state index contributed by atoms with van der Waals surface area (Å²) in [4.78, 5) is 10.5. The quantitative estimate of drug-likeness (QED) is 0.834. The maximum absolute atomic E-state index is 10.5. The number of halogens is 1. The molecular weight excluding hydrogens is 228 g/mol. The summed E-state index contributed by atoms with van der Waals surface area (Å²) in [6, 6.07) is 6.87. The number of ether oxygens (including phenoxy) is 1. The molecule has 1 heterocycles. The summed E-state index contributed by atoms with van der Waals surface area (Å²) < 4.78 is 5.20. The second-order valence-electron chi connectivity index (χ2n) is 3.17. The van der Waals surface area contributed by atoms with E-state index in [-0.39, 0.29) is 0 Å². The van der Waals surface area contributed by atoms with E-state index in [0.717, 1.165) is 5.56 Å². The molecule has 0 aliphatic rings. The van der Waals surface area contributed by atoms with Crippen molar-refractivity contribution in [3.8, 4) is 17.0 Å². The van der Waals surface area contributed by atoms with Crippen molar-refractivity contribution in [2.75, 3.05) is 7.11 Å². The van der Waals surface area contributed by atoms with Crippen LogP contribution in [0.1, 0.15) is 10.5 Å². The van der Waals surface area contributed by atoms with E-state index in [1.165, 1.54) is 0 Å². The van der Waals surface area contributed by atoms with E-state index in [1.54, 1.807) is 31.4 Å². The minimum Gasteiger partial charge on any atom is -0.496 e. The van der Waals surface area contributed by atoms with E-state index in [1.807, 2.05) is 0 Å². The van der Waals surface area contributed by atoms with Gasteiger partial charge < -0.3 is 4.74 Å². The first-order valence-corrected chi connectivity index (χ1v) is 4.97. The maximum atomic E-state index is 10.5. The number of H-pyrrole nitrogens is 1. The predicted molar refractivity (Wildman–Crippen MR) is 61.0 cm³/mol. The highest BCUT2D eigenvalue weighted by Crippen LogP contribution is 2.31. The van der Waals surface area contributed by atoms with Gasteiger partial charge in [-0.15, -0.1) is 0 Å². The molecule has 2 rings (SSSR count). The molecule has 0 aliphatic carbocycles. The number of carbonyl (C=O) groups is 1. The Bertz CT molecular complexity index is 522. The minimum absolute atomic E-state index is 0.414. The minimum atomic E-state index is 0.414. The fraction of sp³-hybridized carbons (Fsp3) is 0.0909. The van der Waals surface area contributed by atoms with Gasteiger partial charge in [-0.25, -0.2) is 0 Å². The molecule has 5 heteroatoms. The van der Waals surface area contributed by atoms with Gasteiger partial charge in [-0.2, -0.15) is 5.10 Å². The van der Waals surface area contributed by atoms with Crippen molar-refractivity contribution in [3.63, 3.8) is 0 Å². The van der Waals surface area contributed by atoms with Crippen LogP contribution in [0.4, 0.5) is 0 Å². The Hall–Kier alpha value is -1.81. The maximum Gasteiger partial charge on any atom is 0.167 e. The van der Waals surface area contributed by atoms with E-state index in [2.05, 4.69) is 10.2 Å². The highest BCUT2D eigenvalue weighted by molar-refractivity contribution is 6.30. The Kier molecular flexibility index (Phi) is 2.92. The van der Waals surface area contributed by atoms with Gasteiger partial charge in [-0.1, -0.05) is 11.6 Å². The molecule has 0 atom stereocenters. The number of carbonyl (C=O) groups excluding carboxylic acids is 1.